The minimum absolute atomic E-state index is 0.0625. The zero-order valence-electron chi connectivity index (χ0n) is 12.1. The summed E-state index contributed by atoms with van der Waals surface area (Å²) in [5.74, 6) is 0.162. The van der Waals surface area contributed by atoms with Gasteiger partial charge in [0.05, 0.1) is 11.5 Å². The van der Waals surface area contributed by atoms with E-state index in [1.807, 2.05) is 12.1 Å². The summed E-state index contributed by atoms with van der Waals surface area (Å²) in [5.41, 5.74) is 2.15. The summed E-state index contributed by atoms with van der Waals surface area (Å²) >= 11 is 0. The van der Waals surface area contributed by atoms with Gasteiger partial charge in [0, 0.05) is 6.54 Å². The third-order valence-corrected chi connectivity index (χ3v) is 4.15. The van der Waals surface area contributed by atoms with Gasteiger partial charge in [0.15, 0.2) is 0 Å². The Hall–Kier alpha value is -1.35. The van der Waals surface area contributed by atoms with Crippen molar-refractivity contribution in [3.05, 3.63) is 35.4 Å². The normalized spacial score (nSPS) is 24.8. The molecule has 1 unspecified atom stereocenters. The minimum Gasteiger partial charge on any atom is -0.349 e. The lowest BCUT2D eigenvalue weighted by molar-refractivity contribution is -0.131. The van der Waals surface area contributed by atoms with Crippen LogP contribution in [-0.2, 0) is 4.79 Å². The highest BCUT2D eigenvalue weighted by Crippen LogP contribution is 2.27. The molecule has 19 heavy (non-hydrogen) atoms. The molecule has 2 N–H and O–H groups in total. The van der Waals surface area contributed by atoms with E-state index in [9.17, 15) is 4.79 Å². The van der Waals surface area contributed by atoms with E-state index in [1.54, 1.807) is 0 Å². The largest absolute Gasteiger partial charge is 0.349 e. The summed E-state index contributed by atoms with van der Waals surface area (Å²) < 4.78 is 0. The summed E-state index contributed by atoms with van der Waals surface area (Å²) in [6.45, 7) is 8.00. The number of benzene rings is 1. The Kier molecular flexibility index (Phi) is 4.25. The molecule has 1 saturated heterocycles. The molecule has 0 saturated carbocycles. The van der Waals surface area contributed by atoms with Gasteiger partial charge >= 0.3 is 0 Å². The fraction of sp³-hybridized carbons (Fsp3) is 0.562. The molecule has 104 valence electrons. The van der Waals surface area contributed by atoms with Crippen molar-refractivity contribution < 1.29 is 4.79 Å². The highest BCUT2D eigenvalue weighted by molar-refractivity contribution is 5.83. The second-order valence-electron chi connectivity index (χ2n) is 5.89. The predicted molar refractivity (Wildman–Crippen MR) is 77.9 cm³/mol. The molecule has 0 aliphatic carbocycles. The number of aryl methyl sites for hydroxylation is 1. The maximum atomic E-state index is 12.5. The molecule has 0 bridgehead atoms. The maximum Gasteiger partial charge on any atom is 0.227 e. The molecule has 0 spiro atoms. The Morgan fingerprint density at radius 3 is 2.79 bits per heavy atom. The third kappa shape index (κ3) is 3.16. The van der Waals surface area contributed by atoms with Crippen molar-refractivity contribution in [2.24, 2.45) is 5.41 Å². The molecule has 1 aliphatic heterocycles. The Morgan fingerprint density at radius 2 is 2.16 bits per heavy atom. The van der Waals surface area contributed by atoms with Gasteiger partial charge in [-0.1, -0.05) is 24.3 Å². The van der Waals surface area contributed by atoms with Crippen LogP contribution in [0.4, 0.5) is 0 Å². The van der Waals surface area contributed by atoms with Crippen molar-refractivity contribution in [3.63, 3.8) is 0 Å². The van der Waals surface area contributed by atoms with E-state index in [2.05, 4.69) is 43.5 Å². The zero-order chi connectivity index (χ0) is 13.9. The number of hydrogen-bond acceptors (Lipinski definition) is 2. The Bertz CT molecular complexity index is 450. The first-order valence-electron chi connectivity index (χ1n) is 7.10. The Balaban J connectivity index is 2.04. The highest BCUT2D eigenvalue weighted by atomic mass is 16.2. The van der Waals surface area contributed by atoms with Crippen LogP contribution in [-0.4, -0.2) is 19.0 Å². The van der Waals surface area contributed by atoms with Crippen LogP contribution in [0.3, 0.4) is 0 Å². The number of carbonyl (C=O) groups excluding carboxylic acids is 1. The molecule has 2 atom stereocenters. The molecular weight excluding hydrogens is 236 g/mol. The van der Waals surface area contributed by atoms with Crippen molar-refractivity contribution in [1.82, 2.24) is 10.6 Å². The number of rotatable bonds is 3. The Labute approximate surface area is 115 Å². The van der Waals surface area contributed by atoms with Crippen LogP contribution in [0.5, 0.6) is 0 Å². The minimum atomic E-state index is -0.269. The van der Waals surface area contributed by atoms with E-state index in [0.717, 1.165) is 25.9 Å². The van der Waals surface area contributed by atoms with Gasteiger partial charge in [-0.05, 0) is 51.3 Å². The van der Waals surface area contributed by atoms with Crippen LogP contribution in [0.15, 0.2) is 24.3 Å². The van der Waals surface area contributed by atoms with Crippen molar-refractivity contribution in [1.29, 1.82) is 0 Å². The molecule has 1 aliphatic rings. The van der Waals surface area contributed by atoms with Crippen LogP contribution in [0.2, 0.25) is 0 Å². The summed E-state index contributed by atoms with van der Waals surface area (Å²) in [4.78, 5) is 12.5. The van der Waals surface area contributed by atoms with Gasteiger partial charge in [-0.2, -0.15) is 0 Å². The van der Waals surface area contributed by atoms with Crippen molar-refractivity contribution >= 4 is 5.91 Å². The number of hydrogen-bond donors (Lipinski definition) is 2. The quantitative estimate of drug-likeness (QED) is 0.877. The highest BCUT2D eigenvalue weighted by Gasteiger charge is 2.35. The van der Waals surface area contributed by atoms with Gasteiger partial charge in [-0.25, -0.2) is 0 Å². The number of nitrogens with one attached hydrogen (secondary N) is 2. The van der Waals surface area contributed by atoms with Gasteiger partial charge in [0.25, 0.3) is 0 Å². The SMILES string of the molecule is Cc1ccccc1[C@@H](C)NC(=O)C1(C)CCCNC1. The van der Waals surface area contributed by atoms with Crippen LogP contribution in [0, 0.1) is 12.3 Å². The van der Waals surface area contributed by atoms with Gasteiger partial charge < -0.3 is 10.6 Å². The van der Waals surface area contributed by atoms with Crippen LogP contribution >= 0.6 is 0 Å². The number of amides is 1. The van der Waals surface area contributed by atoms with Crippen molar-refractivity contribution in [2.45, 2.75) is 39.7 Å². The molecule has 3 nitrogen and oxygen atoms in total. The average molecular weight is 260 g/mol. The van der Waals surface area contributed by atoms with Crippen molar-refractivity contribution in [2.75, 3.05) is 13.1 Å². The molecule has 1 aromatic carbocycles. The first-order chi connectivity index (χ1) is 9.03. The fourth-order valence-corrected chi connectivity index (χ4v) is 2.77. The van der Waals surface area contributed by atoms with Crippen LogP contribution in [0.25, 0.3) is 0 Å². The lowest BCUT2D eigenvalue weighted by atomic mass is 9.81. The van der Waals surface area contributed by atoms with Gasteiger partial charge in [0.1, 0.15) is 0 Å². The van der Waals surface area contributed by atoms with E-state index < -0.39 is 0 Å². The molecule has 0 aromatic heterocycles. The fourth-order valence-electron chi connectivity index (χ4n) is 2.77. The summed E-state index contributed by atoms with van der Waals surface area (Å²) in [5, 5.41) is 6.49. The van der Waals surface area contributed by atoms with Gasteiger partial charge in [-0.15, -0.1) is 0 Å². The lowest BCUT2D eigenvalue weighted by Gasteiger charge is -2.34. The van der Waals surface area contributed by atoms with E-state index in [-0.39, 0.29) is 17.4 Å². The van der Waals surface area contributed by atoms with E-state index >= 15 is 0 Å². The molecular formula is C16H24N2O. The second-order valence-corrected chi connectivity index (χ2v) is 5.89. The van der Waals surface area contributed by atoms with Crippen LogP contribution in [0.1, 0.15) is 43.9 Å². The van der Waals surface area contributed by atoms with Gasteiger partial charge in [-0.3, -0.25) is 4.79 Å². The molecule has 1 amide bonds. The number of carbonyl (C=O) groups is 1. The molecule has 0 radical (unpaired) electrons. The smallest absolute Gasteiger partial charge is 0.227 e. The van der Waals surface area contributed by atoms with E-state index in [4.69, 9.17) is 0 Å². The average Bonchev–Trinajstić information content (AvgIpc) is 2.40. The first-order valence-corrected chi connectivity index (χ1v) is 7.10. The first kappa shape index (κ1) is 14.1. The molecule has 3 heteroatoms. The molecule has 2 rings (SSSR count). The standard InChI is InChI=1S/C16H24N2O/c1-12-7-4-5-8-14(12)13(2)18-15(19)16(3)9-6-10-17-11-16/h4-5,7-8,13,17H,6,9-11H2,1-3H3,(H,18,19)/t13-,16?/m1/s1. The van der Waals surface area contributed by atoms with Gasteiger partial charge in [0.2, 0.25) is 5.91 Å². The van der Waals surface area contributed by atoms with Crippen LogP contribution < -0.4 is 10.6 Å². The predicted octanol–water partition coefficient (Wildman–Crippen LogP) is 2.56. The molecule has 1 fully saturated rings. The zero-order valence-corrected chi connectivity index (χ0v) is 12.1. The monoisotopic (exact) mass is 260 g/mol. The third-order valence-electron chi connectivity index (χ3n) is 4.15. The second kappa shape index (κ2) is 5.74. The summed E-state index contributed by atoms with van der Waals surface area (Å²) in [7, 11) is 0. The topological polar surface area (TPSA) is 41.1 Å². The number of piperidine rings is 1. The molecule has 1 aromatic rings. The lowest BCUT2D eigenvalue weighted by Crippen LogP contribution is -2.49. The summed E-state index contributed by atoms with van der Waals surface area (Å²) in [6.07, 6.45) is 2.04. The van der Waals surface area contributed by atoms with E-state index in [1.165, 1.54) is 11.1 Å². The summed E-state index contributed by atoms with van der Waals surface area (Å²) in [6, 6.07) is 8.28. The maximum absolute atomic E-state index is 12.5. The molecule has 1 heterocycles. The van der Waals surface area contributed by atoms with E-state index in [0.29, 0.717) is 0 Å². The van der Waals surface area contributed by atoms with Crippen molar-refractivity contribution in [3.8, 4) is 0 Å². The Morgan fingerprint density at radius 1 is 1.42 bits per heavy atom.